The van der Waals surface area contributed by atoms with Crippen molar-refractivity contribution in [1.82, 2.24) is 0 Å². The van der Waals surface area contributed by atoms with Crippen molar-refractivity contribution in [2.75, 3.05) is 0 Å². The summed E-state index contributed by atoms with van der Waals surface area (Å²) in [5, 5.41) is 20.7. The smallest absolute Gasteiger partial charge is 0.290 e. The molecule has 1 aliphatic rings. The van der Waals surface area contributed by atoms with E-state index in [2.05, 4.69) is 40.7 Å². The van der Waals surface area contributed by atoms with Crippen LogP contribution in [0.2, 0.25) is 0 Å². The van der Waals surface area contributed by atoms with Gasteiger partial charge >= 0.3 is 0 Å². The maximum Gasteiger partial charge on any atom is 0.290 e. The van der Waals surface area contributed by atoms with Gasteiger partial charge in [0.05, 0.1) is 0 Å². The Balaban J connectivity index is -0.000000108. The van der Waals surface area contributed by atoms with Gasteiger partial charge in [-0.3, -0.25) is 20.5 Å². The van der Waals surface area contributed by atoms with Crippen molar-refractivity contribution < 1.29 is 51.4 Å². The van der Waals surface area contributed by atoms with Gasteiger partial charge in [-0.15, -0.1) is 6.92 Å². The molecule has 7 heteroatoms. The van der Waals surface area contributed by atoms with Gasteiger partial charge < -0.3 is 15.3 Å². The van der Waals surface area contributed by atoms with Gasteiger partial charge in [0, 0.05) is 21.7 Å². The van der Waals surface area contributed by atoms with Crippen LogP contribution in [0.15, 0.2) is 16.7 Å². The monoisotopic (exact) mass is 321 g/mol. The summed E-state index contributed by atoms with van der Waals surface area (Å²) in [4.78, 5) is 25.1. The second-order valence-corrected chi connectivity index (χ2v) is 3.94. The zero-order valence-corrected chi connectivity index (χ0v) is 13.9. The van der Waals surface area contributed by atoms with E-state index in [1.165, 1.54) is 16.7 Å². The van der Waals surface area contributed by atoms with Gasteiger partial charge in [0.1, 0.15) is 0 Å². The number of rotatable bonds is 0. The molecule has 0 saturated heterocycles. The van der Waals surface area contributed by atoms with Crippen LogP contribution in [0.4, 0.5) is 0 Å². The molecule has 0 saturated carbocycles. The molecule has 0 fully saturated rings. The Morgan fingerprint density at radius 3 is 1.20 bits per heavy atom. The number of hydrogen-bond donors (Lipinski definition) is 3. The minimum absolute atomic E-state index is 0. The van der Waals surface area contributed by atoms with Crippen molar-refractivity contribution in [3.05, 3.63) is 22.8 Å². The first kappa shape index (κ1) is 27.0. The van der Waals surface area contributed by atoms with Crippen molar-refractivity contribution in [1.29, 1.82) is 0 Å². The van der Waals surface area contributed by atoms with Crippen molar-refractivity contribution in [3.8, 4) is 0 Å². The van der Waals surface area contributed by atoms with Crippen LogP contribution in [-0.2, 0) is 36.1 Å². The van der Waals surface area contributed by atoms with Gasteiger partial charge in [-0.05, 0) is 0 Å². The van der Waals surface area contributed by atoms with Gasteiger partial charge in [0.2, 0.25) is 0 Å². The average Bonchev–Trinajstić information content (AvgIpc) is 2.45. The molecule has 0 radical (unpaired) electrons. The summed E-state index contributed by atoms with van der Waals surface area (Å²) in [7, 11) is 0. The molecule has 114 valence electrons. The maximum absolute atomic E-state index is 8.36. The second-order valence-electron chi connectivity index (χ2n) is 3.94. The van der Waals surface area contributed by atoms with Gasteiger partial charge in [0.15, 0.2) is 0 Å². The van der Waals surface area contributed by atoms with Crippen LogP contribution in [0, 0.1) is 11.5 Å². The molecular formula is C13H21O6Ti-. The van der Waals surface area contributed by atoms with E-state index in [1.807, 2.05) is 0 Å². The summed E-state index contributed by atoms with van der Waals surface area (Å²) in [6, 6.07) is 0. The fraction of sp³-hybridized carbons (Fsp3) is 0.462. The van der Waals surface area contributed by atoms with Crippen LogP contribution in [0.5, 0.6) is 0 Å². The van der Waals surface area contributed by atoms with Crippen LogP contribution < -0.4 is 0 Å². The van der Waals surface area contributed by atoms with Crippen molar-refractivity contribution in [2.24, 2.45) is 5.41 Å². The Morgan fingerprint density at radius 1 is 0.900 bits per heavy atom. The molecule has 0 atom stereocenters. The molecule has 3 N–H and O–H groups in total. The summed E-state index contributed by atoms with van der Waals surface area (Å²) in [6.07, 6.45) is 3.44. The molecule has 0 aromatic heterocycles. The zero-order chi connectivity index (χ0) is 16.1. The van der Waals surface area contributed by atoms with Crippen LogP contribution >= 0.6 is 0 Å². The Hall–Kier alpha value is -1.40. The maximum atomic E-state index is 8.36. The minimum Gasteiger partial charge on any atom is -0.483 e. The third kappa shape index (κ3) is 13.0. The first-order valence-electron chi connectivity index (χ1n) is 5.23. The molecule has 0 spiro atoms. The summed E-state index contributed by atoms with van der Waals surface area (Å²) in [6.45, 7) is 10.2. The van der Waals surface area contributed by atoms with E-state index in [4.69, 9.17) is 29.7 Å². The van der Waals surface area contributed by atoms with E-state index in [-0.39, 0.29) is 46.5 Å². The van der Waals surface area contributed by atoms with Gasteiger partial charge in [-0.2, -0.15) is 11.1 Å². The first-order chi connectivity index (χ1) is 8.69. The molecule has 0 unspecified atom stereocenters. The van der Waals surface area contributed by atoms with Gasteiger partial charge in [0.25, 0.3) is 19.4 Å². The second kappa shape index (κ2) is 15.7. The Morgan fingerprint density at radius 2 is 1.15 bits per heavy atom. The summed E-state index contributed by atoms with van der Waals surface area (Å²) in [5.41, 5.74) is 4.39. The van der Waals surface area contributed by atoms with E-state index < -0.39 is 0 Å². The topological polar surface area (TPSA) is 112 Å². The van der Waals surface area contributed by atoms with E-state index in [0.29, 0.717) is 0 Å². The molecule has 20 heavy (non-hydrogen) atoms. The SMILES string of the molecule is CC1=[C-]C(C)(C)C(C)=C1C.O=CO.O=CO.O=CO.[Ti]. The molecule has 1 rings (SSSR count). The predicted octanol–water partition coefficient (Wildman–Crippen LogP) is 2.21. The third-order valence-corrected chi connectivity index (χ3v) is 2.56. The summed E-state index contributed by atoms with van der Waals surface area (Å²) in [5.74, 6) is 0. The predicted molar refractivity (Wildman–Crippen MR) is 70.7 cm³/mol. The van der Waals surface area contributed by atoms with Crippen LogP contribution in [0.25, 0.3) is 0 Å². The van der Waals surface area contributed by atoms with E-state index in [1.54, 1.807) is 0 Å². The summed E-state index contributed by atoms with van der Waals surface area (Å²) < 4.78 is 0. The molecule has 0 amide bonds. The standard InChI is InChI=1S/C10H15.3CH2O2.Ti/c1-7-6-10(4,5)9(3)8(7)2;3*2-1-3;/h1-5H3;3*1H,(H,2,3);/q-1;;;;. The minimum atomic E-state index is -0.250. The van der Waals surface area contributed by atoms with Crippen LogP contribution in [0.3, 0.4) is 0 Å². The largest absolute Gasteiger partial charge is 0.483 e. The number of hydrogen-bond acceptors (Lipinski definition) is 3. The third-order valence-electron chi connectivity index (χ3n) is 2.56. The number of carboxylic acid groups (broad SMARTS) is 3. The number of carbonyl (C=O) groups is 3. The van der Waals surface area contributed by atoms with Crippen molar-refractivity contribution in [3.63, 3.8) is 0 Å². The van der Waals surface area contributed by atoms with Gasteiger partial charge in [-0.1, -0.05) is 33.1 Å². The molecule has 0 aromatic rings. The molecule has 0 aliphatic heterocycles. The summed E-state index contributed by atoms with van der Waals surface area (Å²) >= 11 is 0. The first-order valence-corrected chi connectivity index (χ1v) is 5.23. The number of allylic oxidation sites excluding steroid dienone is 4. The zero-order valence-electron chi connectivity index (χ0n) is 12.3. The molecular weight excluding hydrogens is 300 g/mol. The molecule has 1 aliphatic carbocycles. The molecule has 0 heterocycles. The molecule has 6 nitrogen and oxygen atoms in total. The van der Waals surface area contributed by atoms with E-state index in [0.717, 1.165) is 0 Å². The average molecular weight is 321 g/mol. The Labute approximate surface area is 134 Å². The fourth-order valence-electron chi connectivity index (χ4n) is 1.41. The van der Waals surface area contributed by atoms with Crippen molar-refractivity contribution in [2.45, 2.75) is 34.6 Å². The quantitative estimate of drug-likeness (QED) is 0.358. The normalized spacial score (nSPS) is 13.6. The molecule has 0 bridgehead atoms. The fourth-order valence-corrected chi connectivity index (χ4v) is 1.41. The van der Waals surface area contributed by atoms with Crippen LogP contribution in [0.1, 0.15) is 34.6 Å². The van der Waals surface area contributed by atoms with Crippen molar-refractivity contribution >= 4 is 19.4 Å². The van der Waals surface area contributed by atoms with Crippen LogP contribution in [-0.4, -0.2) is 34.7 Å². The Bertz CT molecular complexity index is 331. The molecule has 0 aromatic carbocycles. The van der Waals surface area contributed by atoms with E-state index in [9.17, 15) is 0 Å². The Kier molecular flexibility index (Phi) is 21.2. The van der Waals surface area contributed by atoms with Gasteiger partial charge in [-0.25, -0.2) is 5.57 Å². The van der Waals surface area contributed by atoms with E-state index >= 15 is 0 Å².